The van der Waals surface area contributed by atoms with E-state index in [9.17, 15) is 0 Å². The monoisotopic (exact) mass is 259 g/mol. The molecule has 18 heavy (non-hydrogen) atoms. The van der Waals surface area contributed by atoms with E-state index in [1.807, 2.05) is 0 Å². The summed E-state index contributed by atoms with van der Waals surface area (Å²) in [4.78, 5) is 0. The van der Waals surface area contributed by atoms with Crippen LogP contribution in [-0.4, -0.2) is 38.0 Å². The molecule has 0 bridgehead atoms. The number of nitrogens with one attached hydrogen (secondary N) is 1. The average Bonchev–Trinajstić information content (AvgIpc) is 2.19. The summed E-state index contributed by atoms with van der Waals surface area (Å²) in [5.74, 6) is 1.11. The van der Waals surface area contributed by atoms with Gasteiger partial charge in [0.2, 0.25) is 0 Å². The summed E-state index contributed by atoms with van der Waals surface area (Å²) < 4.78 is 11.4. The van der Waals surface area contributed by atoms with E-state index in [0.29, 0.717) is 25.0 Å². The SMILES string of the molecule is CC(C)COCCOC(CNC(C)(C)C)C(C)C. The second-order valence-electron chi connectivity index (χ2n) is 6.75. The molecule has 0 aromatic rings. The summed E-state index contributed by atoms with van der Waals surface area (Å²) in [6, 6.07) is 0. The van der Waals surface area contributed by atoms with Gasteiger partial charge in [-0.15, -0.1) is 0 Å². The first-order valence-electron chi connectivity index (χ1n) is 7.16. The Bertz CT molecular complexity index is 197. The third-order valence-electron chi connectivity index (χ3n) is 2.59. The average molecular weight is 259 g/mol. The van der Waals surface area contributed by atoms with E-state index in [1.54, 1.807) is 0 Å². The highest BCUT2D eigenvalue weighted by atomic mass is 16.5. The Kier molecular flexibility index (Phi) is 8.83. The minimum Gasteiger partial charge on any atom is -0.379 e. The van der Waals surface area contributed by atoms with Crippen LogP contribution in [0.15, 0.2) is 0 Å². The molecule has 0 rings (SSSR count). The van der Waals surface area contributed by atoms with E-state index >= 15 is 0 Å². The van der Waals surface area contributed by atoms with Crippen molar-refractivity contribution in [1.29, 1.82) is 0 Å². The molecule has 0 aromatic heterocycles. The Labute approximate surface area is 114 Å². The van der Waals surface area contributed by atoms with Gasteiger partial charge in [0.15, 0.2) is 0 Å². The van der Waals surface area contributed by atoms with Crippen LogP contribution in [-0.2, 0) is 9.47 Å². The van der Waals surface area contributed by atoms with Crippen LogP contribution >= 0.6 is 0 Å². The van der Waals surface area contributed by atoms with Crippen LogP contribution < -0.4 is 5.32 Å². The van der Waals surface area contributed by atoms with Gasteiger partial charge in [0.05, 0.1) is 19.3 Å². The lowest BCUT2D eigenvalue weighted by atomic mass is 10.0. The fraction of sp³-hybridized carbons (Fsp3) is 1.00. The smallest absolute Gasteiger partial charge is 0.0723 e. The molecule has 0 saturated heterocycles. The maximum absolute atomic E-state index is 5.89. The lowest BCUT2D eigenvalue weighted by molar-refractivity contribution is -0.0201. The lowest BCUT2D eigenvalue weighted by Gasteiger charge is -2.27. The van der Waals surface area contributed by atoms with Gasteiger partial charge in [-0.2, -0.15) is 0 Å². The maximum Gasteiger partial charge on any atom is 0.0723 e. The first-order chi connectivity index (χ1) is 8.22. The van der Waals surface area contributed by atoms with Gasteiger partial charge in [-0.25, -0.2) is 0 Å². The molecular formula is C15H33NO2. The highest BCUT2D eigenvalue weighted by Gasteiger charge is 2.17. The van der Waals surface area contributed by atoms with Gasteiger partial charge in [0, 0.05) is 18.7 Å². The number of rotatable bonds is 9. The zero-order valence-corrected chi connectivity index (χ0v) is 13.4. The van der Waals surface area contributed by atoms with Crippen molar-refractivity contribution in [2.24, 2.45) is 11.8 Å². The Morgan fingerprint density at radius 3 is 2.06 bits per heavy atom. The lowest BCUT2D eigenvalue weighted by Crippen LogP contribution is -2.43. The second-order valence-corrected chi connectivity index (χ2v) is 6.75. The zero-order valence-electron chi connectivity index (χ0n) is 13.4. The minimum atomic E-state index is 0.143. The summed E-state index contributed by atoms with van der Waals surface area (Å²) in [5, 5.41) is 3.50. The maximum atomic E-state index is 5.89. The summed E-state index contributed by atoms with van der Waals surface area (Å²) in [6.45, 7) is 18.3. The van der Waals surface area contributed by atoms with Crippen LogP contribution in [0.3, 0.4) is 0 Å². The van der Waals surface area contributed by atoms with E-state index < -0.39 is 0 Å². The first kappa shape index (κ1) is 17.9. The Hall–Kier alpha value is -0.120. The van der Waals surface area contributed by atoms with Crippen LogP contribution in [0.2, 0.25) is 0 Å². The van der Waals surface area contributed by atoms with Crippen molar-refractivity contribution in [3.05, 3.63) is 0 Å². The van der Waals surface area contributed by atoms with Crippen molar-refractivity contribution in [3.63, 3.8) is 0 Å². The second kappa shape index (κ2) is 8.89. The molecule has 0 saturated carbocycles. The molecule has 0 aliphatic heterocycles. The van der Waals surface area contributed by atoms with Crippen LogP contribution in [0.1, 0.15) is 48.5 Å². The molecule has 3 nitrogen and oxygen atoms in total. The van der Waals surface area contributed by atoms with Crippen LogP contribution in [0.25, 0.3) is 0 Å². The van der Waals surface area contributed by atoms with Gasteiger partial charge >= 0.3 is 0 Å². The van der Waals surface area contributed by atoms with E-state index in [1.165, 1.54) is 0 Å². The largest absolute Gasteiger partial charge is 0.379 e. The van der Waals surface area contributed by atoms with Gasteiger partial charge in [-0.05, 0) is 32.6 Å². The molecule has 0 spiro atoms. The summed E-state index contributed by atoms with van der Waals surface area (Å²) in [7, 11) is 0. The Morgan fingerprint density at radius 1 is 1.00 bits per heavy atom. The molecule has 0 radical (unpaired) electrons. The van der Waals surface area contributed by atoms with E-state index in [0.717, 1.165) is 13.2 Å². The van der Waals surface area contributed by atoms with Crippen molar-refractivity contribution in [2.75, 3.05) is 26.4 Å². The molecule has 0 fully saturated rings. The fourth-order valence-electron chi connectivity index (χ4n) is 1.47. The molecule has 0 amide bonds. The normalized spacial score (nSPS) is 14.5. The summed E-state index contributed by atoms with van der Waals surface area (Å²) >= 11 is 0. The van der Waals surface area contributed by atoms with Crippen LogP contribution in [0.5, 0.6) is 0 Å². The zero-order chi connectivity index (χ0) is 14.2. The minimum absolute atomic E-state index is 0.143. The van der Waals surface area contributed by atoms with Gasteiger partial charge < -0.3 is 14.8 Å². The number of hydrogen-bond donors (Lipinski definition) is 1. The van der Waals surface area contributed by atoms with Gasteiger partial charge in [0.1, 0.15) is 0 Å². The molecule has 1 N–H and O–H groups in total. The quantitative estimate of drug-likeness (QED) is 0.645. The summed E-state index contributed by atoms with van der Waals surface area (Å²) in [5.41, 5.74) is 0.143. The Morgan fingerprint density at radius 2 is 1.61 bits per heavy atom. The van der Waals surface area contributed by atoms with E-state index in [2.05, 4.69) is 53.8 Å². The topological polar surface area (TPSA) is 30.5 Å². The van der Waals surface area contributed by atoms with Crippen molar-refractivity contribution < 1.29 is 9.47 Å². The van der Waals surface area contributed by atoms with Crippen molar-refractivity contribution >= 4 is 0 Å². The number of ether oxygens (including phenoxy) is 2. The predicted octanol–water partition coefficient (Wildman–Crippen LogP) is 3.09. The Balaban J connectivity index is 3.77. The third-order valence-corrected chi connectivity index (χ3v) is 2.59. The third kappa shape index (κ3) is 11.0. The molecule has 3 heteroatoms. The highest BCUT2D eigenvalue weighted by Crippen LogP contribution is 2.08. The van der Waals surface area contributed by atoms with Gasteiger partial charge in [-0.3, -0.25) is 0 Å². The molecule has 0 aromatic carbocycles. The predicted molar refractivity (Wildman–Crippen MR) is 78.0 cm³/mol. The van der Waals surface area contributed by atoms with Crippen molar-refractivity contribution in [2.45, 2.75) is 60.1 Å². The standard InChI is InChI=1S/C15H33NO2/c1-12(2)11-17-8-9-18-14(13(3)4)10-16-15(5,6)7/h12-14,16H,8-11H2,1-7H3. The van der Waals surface area contributed by atoms with Gasteiger partial charge in [0.25, 0.3) is 0 Å². The molecule has 0 aliphatic rings. The van der Waals surface area contributed by atoms with Crippen LogP contribution in [0.4, 0.5) is 0 Å². The molecule has 0 heterocycles. The molecule has 110 valence electrons. The van der Waals surface area contributed by atoms with Crippen LogP contribution in [0, 0.1) is 11.8 Å². The first-order valence-corrected chi connectivity index (χ1v) is 7.16. The number of hydrogen-bond acceptors (Lipinski definition) is 3. The molecule has 1 unspecified atom stereocenters. The van der Waals surface area contributed by atoms with E-state index in [4.69, 9.17) is 9.47 Å². The fourth-order valence-corrected chi connectivity index (χ4v) is 1.47. The van der Waals surface area contributed by atoms with Crippen molar-refractivity contribution in [3.8, 4) is 0 Å². The molecule has 1 atom stereocenters. The van der Waals surface area contributed by atoms with Crippen molar-refractivity contribution in [1.82, 2.24) is 5.32 Å². The molecular weight excluding hydrogens is 226 g/mol. The summed E-state index contributed by atoms with van der Waals surface area (Å²) in [6.07, 6.45) is 0.256. The van der Waals surface area contributed by atoms with E-state index in [-0.39, 0.29) is 11.6 Å². The molecule has 0 aliphatic carbocycles. The van der Waals surface area contributed by atoms with Gasteiger partial charge in [-0.1, -0.05) is 27.7 Å². The highest BCUT2D eigenvalue weighted by molar-refractivity contribution is 4.75.